The number of nitrogens with two attached hydrogens (primary N) is 2. The summed E-state index contributed by atoms with van der Waals surface area (Å²) in [6, 6.07) is 5.57. The van der Waals surface area contributed by atoms with Crippen molar-refractivity contribution < 1.29 is 9.59 Å². The minimum absolute atomic E-state index is 0.239. The molecule has 1 aliphatic carbocycles. The monoisotopic (exact) mass is 206 g/mol. The van der Waals surface area contributed by atoms with Crippen LogP contribution >= 0.6 is 0 Å². The highest BCUT2D eigenvalue weighted by Gasteiger charge is 2.17. The molecule has 2 rings (SSSR count). The van der Waals surface area contributed by atoms with Crippen LogP contribution in [-0.2, 0) is 11.2 Å². The number of Topliss-reactive ketones (excluding diaryl/α,β-unsaturated/α-hetero) is 1. The summed E-state index contributed by atoms with van der Waals surface area (Å²) >= 11 is 0. The van der Waals surface area contributed by atoms with Gasteiger partial charge in [-0.15, -0.1) is 0 Å². The second-order valence-corrected chi connectivity index (χ2v) is 3.29. The number of hydrogen-bond donors (Lipinski definition) is 2. The molecule has 80 valence electrons. The van der Waals surface area contributed by atoms with E-state index in [2.05, 4.69) is 5.73 Å². The molecule has 0 fully saturated rings. The molecule has 0 aromatic heterocycles. The zero-order valence-corrected chi connectivity index (χ0v) is 8.40. The Morgan fingerprint density at radius 2 is 1.93 bits per heavy atom. The molecule has 0 atom stereocenters. The Balaban J connectivity index is 0.000000337. The van der Waals surface area contributed by atoms with E-state index in [0.717, 1.165) is 29.7 Å². The zero-order chi connectivity index (χ0) is 11.3. The second-order valence-electron chi connectivity index (χ2n) is 3.29. The summed E-state index contributed by atoms with van der Waals surface area (Å²) in [6.07, 6.45) is 2.82. The minimum atomic E-state index is 0.239. The molecule has 0 aliphatic heterocycles. The number of primary amides is 1. The van der Waals surface area contributed by atoms with E-state index in [4.69, 9.17) is 10.5 Å². The molecule has 0 saturated carbocycles. The van der Waals surface area contributed by atoms with Gasteiger partial charge in [-0.25, -0.2) is 0 Å². The van der Waals surface area contributed by atoms with Crippen LogP contribution in [0, 0.1) is 0 Å². The fourth-order valence-corrected chi connectivity index (χ4v) is 1.71. The van der Waals surface area contributed by atoms with Crippen molar-refractivity contribution in [3.63, 3.8) is 0 Å². The van der Waals surface area contributed by atoms with Gasteiger partial charge in [0.1, 0.15) is 0 Å². The van der Waals surface area contributed by atoms with Gasteiger partial charge in [-0.1, -0.05) is 12.1 Å². The minimum Gasteiger partial charge on any atom is -0.398 e. The lowest BCUT2D eigenvalue weighted by molar-refractivity contribution is -0.106. The first-order valence-electron chi connectivity index (χ1n) is 4.76. The quantitative estimate of drug-likeness (QED) is 0.488. The summed E-state index contributed by atoms with van der Waals surface area (Å²) < 4.78 is 0. The summed E-state index contributed by atoms with van der Waals surface area (Å²) in [7, 11) is 0. The maximum absolute atomic E-state index is 11.4. The first-order chi connectivity index (χ1) is 7.20. The smallest absolute Gasteiger partial charge is 0.204 e. The standard InChI is InChI=1S/C10H11NO.CH3NO/c11-9-5-1-4-8-7(9)3-2-6-10(8)12;2-1-3/h1,4-5H,2-3,6,11H2;1H,(H2,2,3). The number of benzene rings is 1. The van der Waals surface area contributed by atoms with Crippen molar-refractivity contribution in [2.75, 3.05) is 5.73 Å². The van der Waals surface area contributed by atoms with Crippen LogP contribution in [-0.4, -0.2) is 12.2 Å². The molecule has 0 unspecified atom stereocenters. The van der Waals surface area contributed by atoms with Gasteiger partial charge in [0.05, 0.1) is 0 Å². The van der Waals surface area contributed by atoms with Crippen molar-refractivity contribution in [2.45, 2.75) is 19.3 Å². The first-order valence-corrected chi connectivity index (χ1v) is 4.76. The molecular weight excluding hydrogens is 192 g/mol. The number of carbonyl (C=O) groups excluding carboxylic acids is 2. The van der Waals surface area contributed by atoms with Gasteiger partial charge in [0.15, 0.2) is 5.78 Å². The highest BCUT2D eigenvalue weighted by molar-refractivity contribution is 5.99. The lowest BCUT2D eigenvalue weighted by atomic mass is 9.90. The lowest BCUT2D eigenvalue weighted by Crippen LogP contribution is -2.12. The Hall–Kier alpha value is -1.84. The van der Waals surface area contributed by atoms with Crippen molar-refractivity contribution in [3.8, 4) is 0 Å². The number of rotatable bonds is 0. The van der Waals surface area contributed by atoms with Gasteiger partial charge in [-0.05, 0) is 24.5 Å². The molecule has 0 bridgehead atoms. The molecule has 1 aromatic carbocycles. The largest absolute Gasteiger partial charge is 0.398 e. The van der Waals surface area contributed by atoms with E-state index in [1.54, 1.807) is 0 Å². The van der Waals surface area contributed by atoms with Crippen LogP contribution in [0.5, 0.6) is 0 Å². The molecular formula is C11H14N2O2. The van der Waals surface area contributed by atoms with Gasteiger partial charge in [-0.2, -0.15) is 0 Å². The molecule has 1 amide bonds. The predicted molar refractivity (Wildman–Crippen MR) is 58.4 cm³/mol. The molecule has 0 radical (unpaired) electrons. The average molecular weight is 206 g/mol. The van der Waals surface area contributed by atoms with Crippen LogP contribution in [0.4, 0.5) is 5.69 Å². The third-order valence-corrected chi connectivity index (χ3v) is 2.34. The molecule has 1 aromatic rings. The summed E-state index contributed by atoms with van der Waals surface area (Å²) in [5.74, 6) is 0.239. The fourth-order valence-electron chi connectivity index (χ4n) is 1.71. The van der Waals surface area contributed by atoms with E-state index in [1.165, 1.54) is 0 Å². The Morgan fingerprint density at radius 3 is 2.53 bits per heavy atom. The van der Waals surface area contributed by atoms with E-state index in [-0.39, 0.29) is 12.2 Å². The third kappa shape index (κ3) is 2.56. The number of anilines is 1. The number of fused-ring (bicyclic) bond motifs is 1. The maximum atomic E-state index is 11.4. The molecule has 4 N–H and O–H groups in total. The van der Waals surface area contributed by atoms with Crippen LogP contribution < -0.4 is 11.5 Å². The molecule has 4 nitrogen and oxygen atoms in total. The molecule has 4 heteroatoms. The van der Waals surface area contributed by atoms with Gasteiger partial charge < -0.3 is 11.5 Å². The summed E-state index contributed by atoms with van der Waals surface area (Å²) in [4.78, 5) is 20.0. The van der Waals surface area contributed by atoms with Gasteiger partial charge in [0, 0.05) is 17.7 Å². The summed E-state index contributed by atoms with van der Waals surface area (Å²) in [5, 5.41) is 0. The van der Waals surface area contributed by atoms with Crippen molar-refractivity contribution in [3.05, 3.63) is 29.3 Å². The molecule has 15 heavy (non-hydrogen) atoms. The number of ketones is 1. The van der Waals surface area contributed by atoms with Crippen molar-refractivity contribution in [2.24, 2.45) is 5.73 Å². The van der Waals surface area contributed by atoms with Crippen LogP contribution in [0.2, 0.25) is 0 Å². The average Bonchev–Trinajstić information content (AvgIpc) is 2.21. The maximum Gasteiger partial charge on any atom is 0.204 e. The first kappa shape index (κ1) is 11.2. The highest BCUT2D eigenvalue weighted by Crippen LogP contribution is 2.25. The highest BCUT2D eigenvalue weighted by atomic mass is 16.1. The predicted octanol–water partition coefficient (Wildman–Crippen LogP) is 0.889. The number of hydrogen-bond acceptors (Lipinski definition) is 3. The fraction of sp³-hybridized carbons (Fsp3) is 0.273. The topological polar surface area (TPSA) is 86.2 Å². The van der Waals surface area contributed by atoms with E-state index in [9.17, 15) is 4.79 Å². The van der Waals surface area contributed by atoms with Gasteiger partial charge in [0.25, 0.3) is 0 Å². The van der Waals surface area contributed by atoms with E-state index in [1.807, 2.05) is 18.2 Å². The number of amides is 1. The summed E-state index contributed by atoms with van der Waals surface area (Å²) in [6.45, 7) is 0. The van der Waals surface area contributed by atoms with Crippen molar-refractivity contribution in [1.29, 1.82) is 0 Å². The van der Waals surface area contributed by atoms with Crippen LogP contribution in [0.3, 0.4) is 0 Å². The Labute approximate surface area is 88.3 Å². The molecule has 0 spiro atoms. The molecule has 0 heterocycles. The van der Waals surface area contributed by atoms with Crippen LogP contribution in [0.1, 0.15) is 28.8 Å². The van der Waals surface area contributed by atoms with Crippen molar-refractivity contribution in [1.82, 2.24) is 0 Å². The summed E-state index contributed by atoms with van der Waals surface area (Å²) in [5.41, 5.74) is 12.6. The Bertz CT molecular complexity index is 375. The van der Waals surface area contributed by atoms with Gasteiger partial charge in [-0.3, -0.25) is 9.59 Å². The van der Waals surface area contributed by atoms with Crippen LogP contribution in [0.25, 0.3) is 0 Å². The normalized spacial score (nSPS) is 13.5. The van der Waals surface area contributed by atoms with E-state index >= 15 is 0 Å². The SMILES string of the molecule is NC=O.Nc1cccc2c1CCCC2=O. The van der Waals surface area contributed by atoms with Crippen LogP contribution in [0.15, 0.2) is 18.2 Å². The van der Waals surface area contributed by atoms with E-state index in [0.29, 0.717) is 6.42 Å². The Morgan fingerprint density at radius 1 is 1.27 bits per heavy atom. The number of nitrogen functional groups attached to an aromatic ring is 1. The van der Waals surface area contributed by atoms with Gasteiger partial charge in [0.2, 0.25) is 6.41 Å². The van der Waals surface area contributed by atoms with Gasteiger partial charge >= 0.3 is 0 Å². The third-order valence-electron chi connectivity index (χ3n) is 2.34. The zero-order valence-electron chi connectivity index (χ0n) is 8.40. The number of carbonyl (C=O) groups is 2. The second kappa shape index (κ2) is 5.14. The Kier molecular flexibility index (Phi) is 3.85. The van der Waals surface area contributed by atoms with Crippen molar-refractivity contribution >= 4 is 17.9 Å². The van der Waals surface area contributed by atoms with E-state index < -0.39 is 0 Å². The molecule has 1 aliphatic rings. The lowest BCUT2D eigenvalue weighted by Gasteiger charge is -2.15. The molecule has 0 saturated heterocycles.